The monoisotopic (exact) mass is 356 g/mol. The number of aryl methyl sites for hydroxylation is 2. The van der Waals surface area contributed by atoms with Gasteiger partial charge < -0.3 is 9.88 Å². The van der Waals surface area contributed by atoms with Crippen LogP contribution in [0.5, 0.6) is 0 Å². The van der Waals surface area contributed by atoms with Gasteiger partial charge in [0.1, 0.15) is 0 Å². The minimum Gasteiger partial charge on any atom is -0.348 e. The lowest BCUT2D eigenvalue weighted by Crippen LogP contribution is -2.57. The van der Waals surface area contributed by atoms with Crippen molar-refractivity contribution in [1.82, 2.24) is 30.0 Å². The quantitative estimate of drug-likeness (QED) is 0.877. The Morgan fingerprint density at radius 3 is 2.88 bits per heavy atom. The van der Waals surface area contributed by atoms with E-state index in [2.05, 4.69) is 27.3 Å². The predicted octanol–water partition coefficient (Wildman–Crippen LogP) is 1.88. The second-order valence-electron chi connectivity index (χ2n) is 7.71. The topological polar surface area (TPSA) is 78.8 Å². The predicted molar refractivity (Wildman–Crippen MR) is 98.5 cm³/mol. The van der Waals surface area contributed by atoms with Crippen molar-refractivity contribution in [2.24, 2.45) is 0 Å². The van der Waals surface area contributed by atoms with Gasteiger partial charge in [0.05, 0.1) is 29.3 Å². The first-order valence-electron chi connectivity index (χ1n) is 9.61. The van der Waals surface area contributed by atoms with Gasteiger partial charge in [0, 0.05) is 44.0 Å². The Morgan fingerprint density at radius 2 is 2.19 bits per heavy atom. The van der Waals surface area contributed by atoms with E-state index in [4.69, 9.17) is 0 Å². The zero-order valence-corrected chi connectivity index (χ0v) is 15.9. The van der Waals surface area contributed by atoms with Crippen LogP contribution in [0.3, 0.4) is 0 Å². The van der Waals surface area contributed by atoms with Crippen LogP contribution in [-0.4, -0.2) is 43.6 Å². The van der Waals surface area contributed by atoms with Crippen LogP contribution in [0, 0.1) is 6.92 Å². The number of likely N-dealkylation sites (N-methyl/N-ethyl adjacent to an activating group) is 1. The van der Waals surface area contributed by atoms with Gasteiger partial charge in [-0.25, -0.2) is 4.98 Å². The van der Waals surface area contributed by atoms with Crippen molar-refractivity contribution in [3.63, 3.8) is 0 Å². The molecule has 1 spiro atoms. The van der Waals surface area contributed by atoms with Crippen LogP contribution in [0.1, 0.15) is 55.3 Å². The largest absolute Gasteiger partial charge is 0.348 e. The summed E-state index contributed by atoms with van der Waals surface area (Å²) in [6.45, 7) is 5.50. The van der Waals surface area contributed by atoms with E-state index in [9.17, 15) is 4.79 Å². The molecule has 3 heterocycles. The van der Waals surface area contributed by atoms with E-state index in [1.807, 2.05) is 29.7 Å². The molecule has 1 aliphatic heterocycles. The van der Waals surface area contributed by atoms with Gasteiger partial charge in [0.2, 0.25) is 5.91 Å². The highest BCUT2D eigenvalue weighted by molar-refractivity contribution is 5.82. The van der Waals surface area contributed by atoms with Gasteiger partial charge in [-0.15, -0.1) is 0 Å². The van der Waals surface area contributed by atoms with E-state index < -0.39 is 0 Å². The van der Waals surface area contributed by atoms with Gasteiger partial charge in [-0.3, -0.25) is 14.8 Å². The average Bonchev–Trinajstić information content (AvgIpc) is 3.35. The SMILES string of the molecule is CCn1cc(CN(C)C(=O)[C@@H]2Cc3[nH]cnc3C3(CCCC3)N2)c(C)n1. The van der Waals surface area contributed by atoms with Crippen molar-refractivity contribution >= 4 is 5.91 Å². The number of hydrogen-bond donors (Lipinski definition) is 2. The van der Waals surface area contributed by atoms with Crippen LogP contribution in [0.15, 0.2) is 12.5 Å². The summed E-state index contributed by atoms with van der Waals surface area (Å²) in [5.41, 5.74) is 4.22. The highest BCUT2D eigenvalue weighted by Crippen LogP contribution is 2.42. The van der Waals surface area contributed by atoms with Crippen LogP contribution in [0.25, 0.3) is 0 Å². The highest BCUT2D eigenvalue weighted by Gasteiger charge is 2.46. The van der Waals surface area contributed by atoms with Crippen molar-refractivity contribution in [2.75, 3.05) is 7.05 Å². The summed E-state index contributed by atoms with van der Waals surface area (Å²) < 4.78 is 1.92. The summed E-state index contributed by atoms with van der Waals surface area (Å²) in [5.74, 6) is 0.139. The normalized spacial score (nSPS) is 21.1. The molecule has 0 unspecified atom stereocenters. The number of fused-ring (bicyclic) bond motifs is 2. The number of rotatable bonds is 4. The lowest BCUT2D eigenvalue weighted by molar-refractivity contribution is -0.133. The van der Waals surface area contributed by atoms with Gasteiger partial charge >= 0.3 is 0 Å². The van der Waals surface area contributed by atoms with Gasteiger partial charge in [0.25, 0.3) is 0 Å². The molecule has 0 saturated heterocycles. The molecule has 0 radical (unpaired) electrons. The molecular formula is C19H28N6O. The Morgan fingerprint density at radius 1 is 1.42 bits per heavy atom. The number of amides is 1. The van der Waals surface area contributed by atoms with Crippen molar-refractivity contribution in [3.05, 3.63) is 35.2 Å². The molecule has 7 heteroatoms. The van der Waals surface area contributed by atoms with Crippen LogP contribution in [0.2, 0.25) is 0 Å². The zero-order chi connectivity index (χ0) is 18.3. The molecule has 1 fully saturated rings. The first-order chi connectivity index (χ1) is 12.5. The van der Waals surface area contributed by atoms with Crippen molar-refractivity contribution in [3.8, 4) is 0 Å². The smallest absolute Gasteiger partial charge is 0.240 e. The number of aromatic amines is 1. The third-order valence-corrected chi connectivity index (χ3v) is 5.94. The lowest BCUT2D eigenvalue weighted by atomic mass is 9.84. The Kier molecular flexibility index (Phi) is 4.34. The van der Waals surface area contributed by atoms with E-state index >= 15 is 0 Å². The van der Waals surface area contributed by atoms with E-state index in [0.29, 0.717) is 13.0 Å². The molecule has 2 aromatic heterocycles. The summed E-state index contributed by atoms with van der Waals surface area (Å²) in [4.78, 5) is 22.8. The van der Waals surface area contributed by atoms with E-state index in [-0.39, 0.29) is 17.5 Å². The molecular weight excluding hydrogens is 328 g/mol. The fraction of sp³-hybridized carbons (Fsp3) is 0.632. The van der Waals surface area contributed by atoms with Gasteiger partial charge in [-0.2, -0.15) is 5.10 Å². The first kappa shape index (κ1) is 17.3. The van der Waals surface area contributed by atoms with Gasteiger partial charge in [-0.05, 0) is 26.7 Å². The fourth-order valence-corrected chi connectivity index (χ4v) is 4.53. The molecule has 7 nitrogen and oxygen atoms in total. The summed E-state index contributed by atoms with van der Waals surface area (Å²) >= 11 is 0. The molecule has 2 aliphatic rings. The van der Waals surface area contributed by atoms with E-state index in [1.165, 1.54) is 12.8 Å². The molecule has 0 bridgehead atoms. The second-order valence-corrected chi connectivity index (χ2v) is 7.71. The van der Waals surface area contributed by atoms with E-state index in [0.717, 1.165) is 42.0 Å². The molecule has 2 N–H and O–H groups in total. The molecule has 140 valence electrons. The maximum absolute atomic E-state index is 13.2. The summed E-state index contributed by atoms with van der Waals surface area (Å²) in [5, 5.41) is 8.16. The second kappa shape index (κ2) is 6.54. The number of H-pyrrole nitrogens is 1. The minimum atomic E-state index is -0.201. The van der Waals surface area contributed by atoms with Crippen LogP contribution in [-0.2, 0) is 29.8 Å². The van der Waals surface area contributed by atoms with Crippen molar-refractivity contribution in [2.45, 2.75) is 70.6 Å². The van der Waals surface area contributed by atoms with Crippen LogP contribution >= 0.6 is 0 Å². The van der Waals surface area contributed by atoms with Gasteiger partial charge in [0.15, 0.2) is 0 Å². The molecule has 1 atom stereocenters. The fourth-order valence-electron chi connectivity index (χ4n) is 4.53. The van der Waals surface area contributed by atoms with Crippen LogP contribution < -0.4 is 5.32 Å². The van der Waals surface area contributed by atoms with Crippen LogP contribution in [0.4, 0.5) is 0 Å². The zero-order valence-electron chi connectivity index (χ0n) is 15.9. The summed E-state index contributed by atoms with van der Waals surface area (Å²) in [6, 6.07) is -0.201. The van der Waals surface area contributed by atoms with E-state index in [1.54, 1.807) is 6.33 Å². The number of carbonyl (C=O) groups is 1. The summed E-state index contributed by atoms with van der Waals surface area (Å²) in [7, 11) is 1.89. The number of nitrogens with one attached hydrogen (secondary N) is 2. The number of aromatic nitrogens is 4. The molecule has 1 amide bonds. The highest BCUT2D eigenvalue weighted by atomic mass is 16.2. The summed E-state index contributed by atoms with van der Waals surface area (Å²) in [6.07, 6.45) is 8.97. The number of hydrogen-bond acceptors (Lipinski definition) is 4. The Balaban J connectivity index is 1.52. The Hall–Kier alpha value is -2.15. The first-order valence-corrected chi connectivity index (χ1v) is 9.61. The standard InChI is InChI=1S/C19H28N6O/c1-4-25-11-14(13(2)23-25)10-24(3)18(26)16-9-15-17(21-12-20-15)19(22-16)7-5-6-8-19/h11-12,16,22H,4-10H2,1-3H3,(H,20,21)/t16-/m0/s1. The van der Waals surface area contributed by atoms with Crippen molar-refractivity contribution in [1.29, 1.82) is 0 Å². The third-order valence-electron chi connectivity index (χ3n) is 5.94. The number of nitrogens with zero attached hydrogens (tertiary/aromatic N) is 4. The average molecular weight is 356 g/mol. The van der Waals surface area contributed by atoms with Gasteiger partial charge in [-0.1, -0.05) is 12.8 Å². The molecule has 0 aromatic carbocycles. The molecule has 26 heavy (non-hydrogen) atoms. The molecule has 1 saturated carbocycles. The Bertz CT molecular complexity index is 801. The molecule has 1 aliphatic carbocycles. The molecule has 4 rings (SSSR count). The Labute approximate surface area is 154 Å². The minimum absolute atomic E-state index is 0.127. The lowest BCUT2D eigenvalue weighted by Gasteiger charge is -2.39. The third kappa shape index (κ3) is 2.84. The maximum atomic E-state index is 13.2. The number of imidazole rings is 1. The maximum Gasteiger partial charge on any atom is 0.240 e. The molecule has 2 aromatic rings. The number of carbonyl (C=O) groups excluding carboxylic acids is 1. The van der Waals surface area contributed by atoms with Crippen molar-refractivity contribution < 1.29 is 4.79 Å².